The lowest BCUT2D eigenvalue weighted by atomic mass is 9.85. The molecule has 11 heteroatoms. The molecule has 0 radical (unpaired) electrons. The first-order valence-corrected chi connectivity index (χ1v) is 10.7. The number of hydrazone groups is 1. The number of carbonyl (C=O) groups excluding carboxylic acids is 3. The highest BCUT2D eigenvalue weighted by atomic mass is 16.6. The van der Waals surface area contributed by atoms with Crippen molar-refractivity contribution in [1.29, 1.82) is 0 Å². The molecule has 11 nitrogen and oxygen atoms in total. The van der Waals surface area contributed by atoms with E-state index in [1.54, 1.807) is 13.8 Å². The van der Waals surface area contributed by atoms with Gasteiger partial charge in [0, 0.05) is 11.6 Å². The minimum absolute atomic E-state index is 0.0237. The summed E-state index contributed by atoms with van der Waals surface area (Å²) in [6.07, 6.45) is 5.98. The monoisotopic (exact) mass is 457 g/mol. The molecule has 4 rings (SSSR count). The lowest BCUT2D eigenvalue weighted by Crippen LogP contribution is -2.28. The molecule has 2 amide bonds. The molecular formula is C22H23N3O8. The third-order valence-corrected chi connectivity index (χ3v) is 5.96. The summed E-state index contributed by atoms with van der Waals surface area (Å²) in [5.74, 6) is -2.27. The van der Waals surface area contributed by atoms with Crippen LogP contribution in [0.25, 0.3) is 0 Å². The number of benzene rings is 1. The molecule has 4 atom stereocenters. The summed E-state index contributed by atoms with van der Waals surface area (Å²) in [6.45, 7) is 3.11. The van der Waals surface area contributed by atoms with Gasteiger partial charge in [0.1, 0.15) is 0 Å². The number of hydrogen-bond acceptors (Lipinski definition) is 9. The lowest BCUT2D eigenvalue weighted by Gasteiger charge is -2.13. The fourth-order valence-corrected chi connectivity index (χ4v) is 4.68. The summed E-state index contributed by atoms with van der Waals surface area (Å²) < 4.78 is 15.6. The minimum Gasteiger partial charge on any atom is -0.490 e. The van der Waals surface area contributed by atoms with Gasteiger partial charge in [-0.15, -0.1) is 0 Å². The van der Waals surface area contributed by atoms with E-state index >= 15 is 0 Å². The molecular weight excluding hydrogens is 434 g/mol. The Kier molecular flexibility index (Phi) is 6.12. The standard InChI is InChI=1S/C22H23N3O8/c1-3-31-16-8-12(7-15(25(29)30)20(16)33-11-17(26)32-4-2)10-23-24-21(27)18-13-5-6-14(9-13)19(18)22(24)28/h5-8,10,13-14,18-19H,3-4,9,11H2,1-2H3/t13-,14-,18-,19+/m0/s1. The van der Waals surface area contributed by atoms with Crippen LogP contribution in [0.5, 0.6) is 11.5 Å². The number of fused-ring (bicyclic) bond motifs is 5. The van der Waals surface area contributed by atoms with Crippen LogP contribution < -0.4 is 9.47 Å². The predicted octanol–water partition coefficient (Wildman–Crippen LogP) is 2.08. The van der Waals surface area contributed by atoms with Crippen molar-refractivity contribution in [2.24, 2.45) is 28.8 Å². The Bertz CT molecular complexity index is 1040. The number of imide groups is 1. The van der Waals surface area contributed by atoms with Gasteiger partial charge < -0.3 is 14.2 Å². The Morgan fingerprint density at radius 1 is 1.15 bits per heavy atom. The van der Waals surface area contributed by atoms with Gasteiger partial charge in [0.05, 0.1) is 36.2 Å². The van der Waals surface area contributed by atoms with E-state index in [4.69, 9.17) is 14.2 Å². The molecule has 1 aromatic rings. The summed E-state index contributed by atoms with van der Waals surface area (Å²) in [7, 11) is 0. The second-order valence-electron chi connectivity index (χ2n) is 7.88. The number of hydrogen-bond donors (Lipinski definition) is 0. The average Bonchev–Trinajstić information content (AvgIpc) is 3.46. The molecule has 2 fully saturated rings. The molecule has 0 unspecified atom stereocenters. The number of nitro groups is 1. The fraction of sp³-hybridized carbons (Fsp3) is 0.455. The van der Waals surface area contributed by atoms with E-state index in [2.05, 4.69) is 5.10 Å². The predicted molar refractivity (Wildman–Crippen MR) is 114 cm³/mol. The third-order valence-electron chi connectivity index (χ3n) is 5.96. The second kappa shape index (κ2) is 9.00. The van der Waals surface area contributed by atoms with E-state index in [0.717, 1.165) is 11.4 Å². The summed E-state index contributed by atoms with van der Waals surface area (Å²) in [5.41, 5.74) is -0.225. The Labute approximate surface area is 189 Å². The van der Waals surface area contributed by atoms with Crippen LogP contribution in [0.1, 0.15) is 25.8 Å². The van der Waals surface area contributed by atoms with Crippen LogP contribution in [0.4, 0.5) is 5.69 Å². The minimum atomic E-state index is -0.681. The zero-order chi connectivity index (χ0) is 23.7. The van der Waals surface area contributed by atoms with Crippen LogP contribution in [0.15, 0.2) is 29.4 Å². The summed E-state index contributed by atoms with van der Waals surface area (Å²) >= 11 is 0. The van der Waals surface area contributed by atoms with Crippen molar-refractivity contribution >= 4 is 29.7 Å². The number of ether oxygens (including phenoxy) is 3. The van der Waals surface area contributed by atoms with Gasteiger partial charge in [-0.2, -0.15) is 10.1 Å². The van der Waals surface area contributed by atoms with Crippen LogP contribution in [0, 0.1) is 33.8 Å². The van der Waals surface area contributed by atoms with Crippen LogP contribution in [0.3, 0.4) is 0 Å². The number of esters is 1. The van der Waals surface area contributed by atoms with E-state index in [0.29, 0.717) is 0 Å². The fourth-order valence-electron chi connectivity index (χ4n) is 4.68. The maximum atomic E-state index is 12.8. The zero-order valence-corrected chi connectivity index (χ0v) is 18.1. The molecule has 1 aliphatic heterocycles. The van der Waals surface area contributed by atoms with Crippen molar-refractivity contribution in [2.45, 2.75) is 20.3 Å². The van der Waals surface area contributed by atoms with Crippen molar-refractivity contribution in [3.63, 3.8) is 0 Å². The third kappa shape index (κ3) is 4.06. The maximum Gasteiger partial charge on any atom is 0.344 e. The van der Waals surface area contributed by atoms with Crippen molar-refractivity contribution in [3.05, 3.63) is 40.0 Å². The molecule has 1 aromatic carbocycles. The number of amides is 2. The number of allylic oxidation sites excluding steroid dienone is 2. The van der Waals surface area contributed by atoms with E-state index in [1.165, 1.54) is 18.3 Å². The Morgan fingerprint density at radius 2 is 1.82 bits per heavy atom. The zero-order valence-electron chi connectivity index (χ0n) is 18.1. The number of rotatable bonds is 9. The van der Waals surface area contributed by atoms with Gasteiger partial charge in [0.2, 0.25) is 5.75 Å². The second-order valence-corrected chi connectivity index (χ2v) is 7.88. The first-order valence-electron chi connectivity index (χ1n) is 10.7. The SMILES string of the molecule is CCOC(=O)COc1c(OCC)cc(C=NN2C(=O)[C@@H]3[C@H](C2=O)[C@H]2C=C[C@H]3C2)cc1[N+](=O)[O-]. The maximum absolute atomic E-state index is 12.8. The van der Waals surface area contributed by atoms with Gasteiger partial charge >= 0.3 is 11.7 Å². The quantitative estimate of drug-likeness (QED) is 0.137. The van der Waals surface area contributed by atoms with Gasteiger partial charge in [0.25, 0.3) is 11.8 Å². The van der Waals surface area contributed by atoms with Gasteiger partial charge in [-0.05, 0) is 38.2 Å². The van der Waals surface area contributed by atoms with Crippen molar-refractivity contribution in [1.82, 2.24) is 5.01 Å². The number of carbonyl (C=O) groups is 3. The van der Waals surface area contributed by atoms with Gasteiger partial charge in [0.15, 0.2) is 12.4 Å². The van der Waals surface area contributed by atoms with Crippen molar-refractivity contribution in [2.75, 3.05) is 19.8 Å². The number of nitrogens with zero attached hydrogens (tertiary/aromatic N) is 3. The number of nitro benzene ring substituents is 1. The molecule has 1 saturated carbocycles. The topological polar surface area (TPSA) is 138 Å². The smallest absolute Gasteiger partial charge is 0.344 e. The highest BCUT2D eigenvalue weighted by Gasteiger charge is 2.59. The van der Waals surface area contributed by atoms with Crippen LogP contribution >= 0.6 is 0 Å². The molecule has 0 spiro atoms. The highest BCUT2D eigenvalue weighted by molar-refractivity contribution is 6.06. The average molecular weight is 457 g/mol. The Morgan fingerprint density at radius 3 is 2.39 bits per heavy atom. The molecule has 1 saturated heterocycles. The molecule has 3 aliphatic rings. The van der Waals surface area contributed by atoms with Gasteiger partial charge in [-0.25, -0.2) is 4.79 Å². The summed E-state index contributed by atoms with van der Waals surface area (Å²) in [6, 6.07) is 2.60. The Hall–Kier alpha value is -3.76. The van der Waals surface area contributed by atoms with Gasteiger partial charge in [-0.1, -0.05) is 12.2 Å². The highest BCUT2D eigenvalue weighted by Crippen LogP contribution is 2.52. The van der Waals surface area contributed by atoms with Crippen LogP contribution in [-0.2, 0) is 19.1 Å². The van der Waals surface area contributed by atoms with Crippen LogP contribution in [0.2, 0.25) is 0 Å². The van der Waals surface area contributed by atoms with E-state index in [9.17, 15) is 24.5 Å². The van der Waals surface area contributed by atoms with E-state index in [-0.39, 0.29) is 53.9 Å². The molecule has 2 aliphatic carbocycles. The van der Waals surface area contributed by atoms with Gasteiger partial charge in [-0.3, -0.25) is 19.7 Å². The molecule has 2 bridgehead atoms. The van der Waals surface area contributed by atoms with E-state index in [1.807, 2.05) is 12.2 Å². The first kappa shape index (κ1) is 22.4. The van der Waals surface area contributed by atoms with Crippen molar-refractivity contribution < 1.29 is 33.5 Å². The molecule has 33 heavy (non-hydrogen) atoms. The lowest BCUT2D eigenvalue weighted by molar-refractivity contribution is -0.385. The molecule has 0 aromatic heterocycles. The normalized spacial score (nSPS) is 25.1. The largest absolute Gasteiger partial charge is 0.490 e. The molecule has 1 heterocycles. The summed E-state index contributed by atoms with van der Waals surface area (Å²) in [4.78, 5) is 48.1. The Balaban J connectivity index is 1.59. The van der Waals surface area contributed by atoms with E-state index < -0.39 is 35.0 Å². The summed E-state index contributed by atoms with van der Waals surface area (Å²) in [5, 5.41) is 16.6. The van der Waals surface area contributed by atoms with Crippen LogP contribution in [-0.4, -0.2) is 53.8 Å². The molecule has 0 N–H and O–H groups in total. The molecule has 174 valence electrons. The van der Waals surface area contributed by atoms with Crippen molar-refractivity contribution in [3.8, 4) is 11.5 Å². The first-order chi connectivity index (χ1) is 15.8.